The Morgan fingerprint density at radius 1 is 0.667 bits per heavy atom. The van der Waals surface area contributed by atoms with E-state index < -0.39 is 26.5 Å². The number of rotatable bonds is 11. The van der Waals surface area contributed by atoms with Gasteiger partial charge in [-0.1, -0.05) is 0 Å². The monoisotopic (exact) mass is 356 g/mol. The van der Waals surface area contributed by atoms with Gasteiger partial charge in [0.25, 0.3) is 0 Å². The second-order valence-electron chi connectivity index (χ2n) is 6.22. The normalized spacial score (nSPS) is 13.7. The van der Waals surface area contributed by atoms with Crippen molar-refractivity contribution in [2.45, 2.75) is 78.9 Å². The zero-order valence-electron chi connectivity index (χ0n) is 15.5. The third-order valence-electron chi connectivity index (χ3n) is 3.97. The first-order valence-electron chi connectivity index (χ1n) is 8.34. The van der Waals surface area contributed by atoms with Gasteiger partial charge in [0.2, 0.25) is 0 Å². The van der Waals surface area contributed by atoms with E-state index in [1.165, 1.54) is 0 Å². The van der Waals surface area contributed by atoms with Gasteiger partial charge in [-0.15, -0.1) is 0 Å². The molecule has 0 spiro atoms. The van der Waals surface area contributed by atoms with Crippen molar-refractivity contribution in [1.29, 1.82) is 0 Å². The summed E-state index contributed by atoms with van der Waals surface area (Å²) in [5.74, 6) is 0. The zero-order valence-corrected chi connectivity index (χ0v) is 18.0. The van der Waals surface area contributed by atoms with Crippen LogP contribution in [0.1, 0.15) is 62.3 Å². The van der Waals surface area contributed by atoms with Gasteiger partial charge < -0.3 is 0 Å². The van der Waals surface area contributed by atoms with E-state index in [0.717, 1.165) is 0 Å². The second-order valence-corrected chi connectivity index (χ2v) is 15.5. The molecule has 0 aliphatic carbocycles. The van der Waals surface area contributed by atoms with Crippen molar-refractivity contribution in [1.82, 2.24) is 0 Å². The predicted octanol–water partition coefficient (Wildman–Crippen LogP) is 5.10. The van der Waals surface area contributed by atoms with E-state index in [1.54, 1.807) is 0 Å². The fourth-order valence-electron chi connectivity index (χ4n) is 3.31. The van der Waals surface area contributed by atoms with Crippen molar-refractivity contribution in [3.05, 3.63) is 0 Å². The average Bonchev–Trinajstić information content (AvgIpc) is 2.35. The Morgan fingerprint density at radius 3 is 1.14 bits per heavy atom. The molecule has 0 fully saturated rings. The Kier molecular flexibility index (Phi) is 10.2. The van der Waals surface area contributed by atoms with Crippen molar-refractivity contribution >= 4 is 8.32 Å². The summed E-state index contributed by atoms with van der Waals surface area (Å²) in [5.41, 5.74) is 1.47. The molecule has 6 heteroatoms. The minimum atomic E-state index is -3.65. The molecule has 0 amide bonds. The van der Waals surface area contributed by atoms with Gasteiger partial charge in [-0.3, -0.25) is 0 Å². The molecular formula is C15H36O4SiTi. The summed E-state index contributed by atoms with van der Waals surface area (Å²) >= 11 is -3.65. The topological polar surface area (TPSA) is 36.9 Å². The molecule has 21 heavy (non-hydrogen) atoms. The van der Waals surface area contributed by atoms with Crippen LogP contribution in [0.5, 0.6) is 0 Å². The molecule has 0 bridgehead atoms. The van der Waals surface area contributed by atoms with Gasteiger partial charge in [-0.2, -0.15) is 0 Å². The Bertz CT molecular complexity index is 246. The van der Waals surface area contributed by atoms with Crippen molar-refractivity contribution < 1.29 is 31.1 Å². The van der Waals surface area contributed by atoms with Gasteiger partial charge in [-0.05, 0) is 0 Å². The molecule has 0 unspecified atom stereocenters. The van der Waals surface area contributed by atoms with E-state index >= 15 is 0 Å². The molecule has 0 aliphatic heterocycles. The number of hydrogen-bond acceptors (Lipinski definition) is 4. The van der Waals surface area contributed by atoms with Crippen LogP contribution in [-0.4, -0.2) is 28.1 Å². The molecule has 0 saturated heterocycles. The van der Waals surface area contributed by atoms with E-state index in [9.17, 15) is 0 Å². The van der Waals surface area contributed by atoms with E-state index in [-0.39, 0.29) is 0 Å². The zero-order chi connectivity index (χ0) is 16.7. The summed E-state index contributed by atoms with van der Waals surface area (Å²) in [4.78, 5) is 0. The Hall–Kier alpha value is 0.771. The van der Waals surface area contributed by atoms with Gasteiger partial charge in [0.05, 0.1) is 0 Å². The average molecular weight is 356 g/mol. The molecule has 128 valence electrons. The molecule has 0 aromatic heterocycles. The molecule has 4 nitrogen and oxygen atoms in total. The van der Waals surface area contributed by atoms with Crippen LogP contribution in [0.25, 0.3) is 0 Å². The molecule has 0 atom stereocenters. The van der Waals surface area contributed by atoms with E-state index in [4.69, 9.17) is 13.0 Å². The first-order valence-corrected chi connectivity index (χ1v) is 13.0. The molecule has 0 rings (SSSR count). The quantitative estimate of drug-likeness (QED) is 0.483. The van der Waals surface area contributed by atoms with Gasteiger partial charge in [0.1, 0.15) is 0 Å². The van der Waals surface area contributed by atoms with Gasteiger partial charge in [0, 0.05) is 0 Å². The summed E-state index contributed by atoms with van der Waals surface area (Å²) in [6.07, 6.45) is 0. The molecule has 0 aliphatic rings. The van der Waals surface area contributed by atoms with Gasteiger partial charge >= 0.3 is 138 Å². The van der Waals surface area contributed by atoms with Crippen molar-refractivity contribution in [3.63, 3.8) is 0 Å². The van der Waals surface area contributed by atoms with E-state index in [2.05, 4.69) is 41.5 Å². The molecule has 0 radical (unpaired) electrons. The molecular weight excluding hydrogens is 320 g/mol. The van der Waals surface area contributed by atoms with Crippen LogP contribution in [0.2, 0.25) is 16.6 Å². The van der Waals surface area contributed by atoms with Gasteiger partial charge in [0.15, 0.2) is 0 Å². The third-order valence-corrected chi connectivity index (χ3v) is 15.8. The molecule has 0 N–H and O–H groups in total. The molecule has 0 saturated carbocycles. The summed E-state index contributed by atoms with van der Waals surface area (Å²) in [6, 6.07) is 0. The first-order chi connectivity index (χ1) is 9.72. The maximum atomic E-state index is 6.79. The predicted molar refractivity (Wildman–Crippen MR) is 87.0 cm³/mol. The maximum absolute atomic E-state index is 6.79. The summed E-state index contributed by atoms with van der Waals surface area (Å²) < 4.78 is 24.7. The minimum absolute atomic E-state index is 0.490. The Morgan fingerprint density at radius 2 is 0.952 bits per heavy atom. The van der Waals surface area contributed by atoms with Crippen LogP contribution in [0.15, 0.2) is 0 Å². The molecule has 0 aromatic rings. The van der Waals surface area contributed by atoms with Crippen molar-refractivity contribution in [3.8, 4) is 0 Å². The Balaban J connectivity index is 5.66. The van der Waals surface area contributed by atoms with Crippen LogP contribution < -0.4 is 0 Å². The van der Waals surface area contributed by atoms with Gasteiger partial charge in [-0.25, -0.2) is 0 Å². The molecule has 0 heterocycles. The Labute approximate surface area is 138 Å². The van der Waals surface area contributed by atoms with E-state index in [1.807, 2.05) is 20.8 Å². The molecule has 0 aromatic carbocycles. The fourth-order valence-corrected chi connectivity index (χ4v) is 16.8. The van der Waals surface area contributed by atoms with Crippen LogP contribution >= 0.6 is 0 Å². The second kappa shape index (κ2) is 9.81. The van der Waals surface area contributed by atoms with E-state index in [0.29, 0.717) is 36.4 Å². The summed E-state index contributed by atoms with van der Waals surface area (Å²) in [5, 5.41) is 0. The van der Waals surface area contributed by atoms with Crippen LogP contribution in [0.3, 0.4) is 0 Å². The van der Waals surface area contributed by atoms with Crippen LogP contribution in [0.4, 0.5) is 0 Å². The summed E-state index contributed by atoms with van der Waals surface area (Å²) in [7, 11) is -2.07. The van der Waals surface area contributed by atoms with Crippen molar-refractivity contribution in [2.75, 3.05) is 19.8 Å². The van der Waals surface area contributed by atoms with Crippen LogP contribution in [-0.2, 0) is 31.1 Å². The number of hydrogen-bond donors (Lipinski definition) is 0. The fraction of sp³-hybridized carbons (Fsp3) is 1.00. The summed E-state index contributed by atoms with van der Waals surface area (Å²) in [6.45, 7) is 21.2. The van der Waals surface area contributed by atoms with Crippen LogP contribution in [0, 0.1) is 0 Å². The first kappa shape index (κ1) is 21.8. The van der Waals surface area contributed by atoms with Crippen molar-refractivity contribution in [2.24, 2.45) is 0 Å². The third kappa shape index (κ3) is 5.41. The SMILES string of the molecule is CC[O][Ti]([O]CC)([O]CC)[O][Si](C(C)C)(C(C)C)C(C)C. The standard InChI is InChI=1S/C9H21OSi.3C2H5O.Ti/c1-7(2)11(10,8(3)4)9(5)6;3*1-2-3;/h7-9H,1-6H3;3*2H2,1H3;/q4*-1;+4.